The fourth-order valence-corrected chi connectivity index (χ4v) is 2.10. The third-order valence-corrected chi connectivity index (χ3v) is 3.23. The third-order valence-electron chi connectivity index (χ3n) is 3.23. The molecule has 2 unspecified atom stereocenters. The predicted molar refractivity (Wildman–Crippen MR) is 74.7 cm³/mol. The molecule has 0 saturated carbocycles. The van der Waals surface area contributed by atoms with E-state index in [1.54, 1.807) is 0 Å². The molecule has 0 radical (unpaired) electrons. The number of aromatic carboxylic acids is 1. The Morgan fingerprint density at radius 3 is 2.45 bits per heavy atom. The standard InChI is InChI=1S/C14H13NO7/c16-10(4-11(17)18)12(19)6-1-2-7-9(3-6)15-5-8(13(7)20)14(21)22/h1-3,5,10,12,16,19H,4H2,(H,15,20)(H,17,18)(H,21,22). The van der Waals surface area contributed by atoms with E-state index >= 15 is 0 Å². The summed E-state index contributed by atoms with van der Waals surface area (Å²) in [5, 5.41) is 37.1. The van der Waals surface area contributed by atoms with E-state index in [2.05, 4.69) is 4.98 Å². The van der Waals surface area contributed by atoms with Crippen molar-refractivity contribution in [3.8, 4) is 0 Å². The first-order valence-electron chi connectivity index (χ1n) is 6.28. The van der Waals surface area contributed by atoms with Crippen molar-refractivity contribution in [2.75, 3.05) is 0 Å². The van der Waals surface area contributed by atoms with Gasteiger partial charge in [0.2, 0.25) is 5.43 Å². The van der Waals surface area contributed by atoms with E-state index in [1.165, 1.54) is 18.2 Å². The SMILES string of the molecule is O=C(O)CC(O)C(O)c1ccc2c(=O)c(C(=O)O)c[nH]c2c1. The number of aliphatic hydroxyl groups excluding tert-OH is 2. The molecule has 1 heterocycles. The number of carbonyl (C=O) groups is 2. The number of aromatic amines is 1. The molecular weight excluding hydrogens is 294 g/mol. The van der Waals surface area contributed by atoms with Gasteiger partial charge >= 0.3 is 11.9 Å². The molecule has 1 aromatic heterocycles. The Morgan fingerprint density at radius 2 is 1.86 bits per heavy atom. The van der Waals surface area contributed by atoms with Crippen molar-refractivity contribution >= 4 is 22.8 Å². The first kappa shape index (κ1) is 15.7. The number of carboxylic acids is 2. The highest BCUT2D eigenvalue weighted by atomic mass is 16.4. The quantitative estimate of drug-likeness (QED) is 0.526. The van der Waals surface area contributed by atoms with Gasteiger partial charge in [0.25, 0.3) is 0 Å². The van der Waals surface area contributed by atoms with Crippen molar-refractivity contribution < 1.29 is 30.0 Å². The zero-order valence-corrected chi connectivity index (χ0v) is 11.2. The van der Waals surface area contributed by atoms with Crippen molar-refractivity contribution in [3.63, 3.8) is 0 Å². The Labute approximate surface area is 123 Å². The Morgan fingerprint density at radius 1 is 1.18 bits per heavy atom. The lowest BCUT2D eigenvalue weighted by molar-refractivity contribution is -0.141. The van der Waals surface area contributed by atoms with E-state index in [0.717, 1.165) is 6.20 Å². The van der Waals surface area contributed by atoms with Crippen LogP contribution in [0.25, 0.3) is 10.9 Å². The summed E-state index contributed by atoms with van der Waals surface area (Å²) in [5.41, 5.74) is -0.603. The van der Waals surface area contributed by atoms with Gasteiger partial charge in [-0.15, -0.1) is 0 Å². The normalized spacial score (nSPS) is 13.7. The number of fused-ring (bicyclic) bond motifs is 1. The van der Waals surface area contributed by atoms with E-state index in [-0.39, 0.29) is 16.5 Å². The number of aliphatic hydroxyl groups is 2. The fourth-order valence-electron chi connectivity index (χ4n) is 2.10. The summed E-state index contributed by atoms with van der Waals surface area (Å²) in [5.74, 6) is -2.61. The average Bonchev–Trinajstić information content (AvgIpc) is 2.45. The van der Waals surface area contributed by atoms with E-state index < -0.39 is 41.6 Å². The summed E-state index contributed by atoms with van der Waals surface area (Å²) >= 11 is 0. The van der Waals surface area contributed by atoms with Crippen molar-refractivity contribution in [1.82, 2.24) is 4.98 Å². The molecule has 2 rings (SSSR count). The molecule has 8 heteroatoms. The summed E-state index contributed by atoms with van der Waals surface area (Å²) in [7, 11) is 0. The fraction of sp³-hybridized carbons (Fsp3) is 0.214. The van der Waals surface area contributed by atoms with Crippen molar-refractivity contribution in [2.24, 2.45) is 0 Å². The minimum Gasteiger partial charge on any atom is -0.481 e. The van der Waals surface area contributed by atoms with E-state index in [4.69, 9.17) is 10.2 Å². The highest BCUT2D eigenvalue weighted by molar-refractivity contribution is 5.92. The molecule has 0 saturated heterocycles. The van der Waals surface area contributed by atoms with Crippen LogP contribution in [0.5, 0.6) is 0 Å². The minimum absolute atomic E-state index is 0.114. The molecule has 2 aromatic rings. The van der Waals surface area contributed by atoms with Crippen LogP contribution in [-0.4, -0.2) is 43.5 Å². The van der Waals surface area contributed by atoms with Crippen LogP contribution in [-0.2, 0) is 4.79 Å². The first-order valence-corrected chi connectivity index (χ1v) is 6.28. The number of rotatable bonds is 5. The van der Waals surface area contributed by atoms with Crippen molar-refractivity contribution in [1.29, 1.82) is 0 Å². The predicted octanol–water partition coefficient (Wildman–Crippen LogP) is 0.0953. The van der Waals surface area contributed by atoms with Gasteiger partial charge in [-0.25, -0.2) is 4.79 Å². The largest absolute Gasteiger partial charge is 0.481 e. The Hall–Kier alpha value is -2.71. The molecule has 0 aliphatic rings. The molecule has 8 nitrogen and oxygen atoms in total. The van der Waals surface area contributed by atoms with Gasteiger partial charge in [0.15, 0.2) is 0 Å². The van der Waals surface area contributed by atoms with Crippen LogP contribution in [0.15, 0.2) is 29.2 Å². The second kappa shape index (κ2) is 5.96. The molecule has 2 atom stereocenters. The summed E-state index contributed by atoms with van der Waals surface area (Å²) in [4.78, 5) is 36.0. The maximum Gasteiger partial charge on any atom is 0.341 e. The summed E-state index contributed by atoms with van der Waals surface area (Å²) < 4.78 is 0. The topological polar surface area (TPSA) is 148 Å². The third kappa shape index (κ3) is 2.97. The number of nitrogens with one attached hydrogen (secondary N) is 1. The van der Waals surface area contributed by atoms with Crippen LogP contribution < -0.4 is 5.43 Å². The van der Waals surface area contributed by atoms with E-state index in [0.29, 0.717) is 0 Å². The molecular formula is C14H13NO7. The molecule has 22 heavy (non-hydrogen) atoms. The Balaban J connectivity index is 2.44. The van der Waals surface area contributed by atoms with Gasteiger partial charge in [0, 0.05) is 17.1 Å². The van der Waals surface area contributed by atoms with E-state index in [9.17, 15) is 24.6 Å². The molecule has 0 aliphatic heterocycles. The maximum atomic E-state index is 11.9. The number of aliphatic carboxylic acids is 1. The number of carboxylic acid groups (broad SMARTS) is 2. The van der Waals surface area contributed by atoms with Gasteiger partial charge in [-0.2, -0.15) is 0 Å². The molecule has 116 valence electrons. The lowest BCUT2D eigenvalue weighted by atomic mass is 10.00. The van der Waals surface area contributed by atoms with Crippen LogP contribution in [0.1, 0.15) is 28.4 Å². The number of benzene rings is 1. The Kier molecular flexibility index (Phi) is 4.25. The second-order valence-corrected chi connectivity index (χ2v) is 4.75. The summed E-state index contributed by atoms with van der Waals surface area (Å²) in [6, 6.07) is 4.00. The van der Waals surface area contributed by atoms with Gasteiger partial charge in [-0.3, -0.25) is 9.59 Å². The van der Waals surface area contributed by atoms with E-state index in [1.807, 2.05) is 0 Å². The highest BCUT2D eigenvalue weighted by Gasteiger charge is 2.22. The zero-order chi connectivity index (χ0) is 16.4. The molecule has 0 spiro atoms. The molecule has 0 bridgehead atoms. The first-order chi connectivity index (χ1) is 10.3. The lowest BCUT2D eigenvalue weighted by Gasteiger charge is -2.16. The van der Waals surface area contributed by atoms with Crippen LogP contribution >= 0.6 is 0 Å². The van der Waals surface area contributed by atoms with Crippen molar-refractivity contribution in [3.05, 3.63) is 45.7 Å². The molecule has 5 N–H and O–H groups in total. The number of pyridine rings is 1. The lowest BCUT2D eigenvalue weighted by Crippen LogP contribution is -2.22. The second-order valence-electron chi connectivity index (χ2n) is 4.75. The van der Waals surface area contributed by atoms with Gasteiger partial charge < -0.3 is 25.4 Å². The number of hydrogen-bond donors (Lipinski definition) is 5. The van der Waals surface area contributed by atoms with Gasteiger partial charge in [0.1, 0.15) is 11.7 Å². The van der Waals surface area contributed by atoms with Crippen molar-refractivity contribution in [2.45, 2.75) is 18.6 Å². The van der Waals surface area contributed by atoms with Gasteiger partial charge in [-0.1, -0.05) is 6.07 Å². The van der Waals surface area contributed by atoms with Crippen LogP contribution in [0.2, 0.25) is 0 Å². The monoisotopic (exact) mass is 307 g/mol. The smallest absolute Gasteiger partial charge is 0.341 e. The molecule has 0 fully saturated rings. The van der Waals surface area contributed by atoms with Gasteiger partial charge in [0.05, 0.1) is 12.5 Å². The molecule has 0 aliphatic carbocycles. The van der Waals surface area contributed by atoms with Crippen LogP contribution in [0.4, 0.5) is 0 Å². The Bertz CT molecular complexity index is 795. The minimum atomic E-state index is -1.50. The zero-order valence-electron chi connectivity index (χ0n) is 11.2. The maximum absolute atomic E-state index is 11.9. The number of aromatic nitrogens is 1. The number of hydrogen-bond acceptors (Lipinski definition) is 5. The number of H-pyrrole nitrogens is 1. The van der Waals surface area contributed by atoms with Gasteiger partial charge in [-0.05, 0) is 17.7 Å². The average molecular weight is 307 g/mol. The van der Waals surface area contributed by atoms with Crippen LogP contribution in [0, 0.1) is 0 Å². The summed E-state index contributed by atoms with van der Waals surface area (Å²) in [6.07, 6.45) is -2.53. The molecule has 0 amide bonds. The highest BCUT2D eigenvalue weighted by Crippen LogP contribution is 2.22. The molecule has 1 aromatic carbocycles. The van der Waals surface area contributed by atoms with Crippen LogP contribution in [0.3, 0.4) is 0 Å². The summed E-state index contributed by atoms with van der Waals surface area (Å²) in [6.45, 7) is 0.